The van der Waals surface area contributed by atoms with Crippen molar-refractivity contribution in [2.75, 3.05) is 27.2 Å². The molecule has 0 aliphatic carbocycles. The fourth-order valence-electron chi connectivity index (χ4n) is 1.63. The Hall–Kier alpha value is -1.38. The molecule has 1 aromatic heterocycles. The van der Waals surface area contributed by atoms with Gasteiger partial charge in [-0.05, 0) is 25.0 Å². The molecular weight excluding hydrogens is 272 g/mol. The molecule has 19 heavy (non-hydrogen) atoms. The molecule has 1 saturated heterocycles. The Morgan fingerprint density at radius 3 is 2.63 bits per heavy atom. The largest absolute Gasteiger partial charge is 0.438 e. The smallest absolute Gasteiger partial charge is 0.313 e. The first-order chi connectivity index (χ1) is 8.93. The van der Waals surface area contributed by atoms with E-state index in [1.165, 1.54) is 31.3 Å². The molecule has 2 rings (SSSR count). The van der Waals surface area contributed by atoms with Gasteiger partial charge in [0.15, 0.2) is 5.76 Å². The average molecular weight is 288 g/mol. The number of carbonyl (C=O) groups is 1. The molecule has 1 aromatic rings. The summed E-state index contributed by atoms with van der Waals surface area (Å²) in [5.41, 5.74) is 0. The van der Waals surface area contributed by atoms with Gasteiger partial charge in [-0.1, -0.05) is 0 Å². The number of nitrogens with zero attached hydrogens (tertiary/aromatic N) is 2. The highest BCUT2D eigenvalue weighted by Gasteiger charge is 2.26. The number of hydrogen-bond donors (Lipinski definition) is 0. The minimum absolute atomic E-state index is 0.0395. The van der Waals surface area contributed by atoms with Gasteiger partial charge in [0.1, 0.15) is 0 Å². The van der Waals surface area contributed by atoms with Gasteiger partial charge in [-0.3, -0.25) is 9.63 Å². The van der Waals surface area contributed by atoms with Crippen LogP contribution in [0, 0.1) is 0 Å². The minimum atomic E-state index is -3.67. The van der Waals surface area contributed by atoms with Crippen LogP contribution in [0.1, 0.15) is 23.4 Å². The van der Waals surface area contributed by atoms with Crippen molar-refractivity contribution in [3.05, 3.63) is 17.9 Å². The van der Waals surface area contributed by atoms with Crippen molar-refractivity contribution in [3.8, 4) is 0 Å². The van der Waals surface area contributed by atoms with Crippen molar-refractivity contribution >= 4 is 15.9 Å². The van der Waals surface area contributed by atoms with E-state index >= 15 is 0 Å². The first kappa shape index (κ1) is 14.0. The molecule has 8 heteroatoms. The van der Waals surface area contributed by atoms with Crippen molar-refractivity contribution < 1.29 is 22.5 Å². The number of hydroxylamine groups is 2. The van der Waals surface area contributed by atoms with Gasteiger partial charge in [0.05, 0.1) is 6.61 Å². The van der Waals surface area contributed by atoms with Gasteiger partial charge < -0.3 is 4.42 Å². The summed E-state index contributed by atoms with van der Waals surface area (Å²) in [6.07, 6.45) is 1.76. The zero-order valence-corrected chi connectivity index (χ0v) is 11.6. The van der Waals surface area contributed by atoms with E-state index in [0.29, 0.717) is 13.2 Å². The fraction of sp³-hybridized carbons (Fsp3) is 0.545. The molecule has 0 saturated carbocycles. The second-order valence-corrected chi connectivity index (χ2v) is 6.44. The second-order valence-electron chi connectivity index (χ2n) is 4.35. The Morgan fingerprint density at radius 1 is 1.32 bits per heavy atom. The second kappa shape index (κ2) is 5.32. The molecule has 1 aliphatic rings. The van der Waals surface area contributed by atoms with E-state index in [2.05, 4.69) is 0 Å². The first-order valence-corrected chi connectivity index (χ1v) is 7.34. The number of rotatable bonds is 3. The van der Waals surface area contributed by atoms with E-state index in [4.69, 9.17) is 9.25 Å². The molecule has 0 atom stereocenters. The molecule has 2 heterocycles. The summed E-state index contributed by atoms with van der Waals surface area (Å²) in [5.74, 6) is -0.498. The molecule has 0 radical (unpaired) electrons. The van der Waals surface area contributed by atoms with Crippen LogP contribution in [0.4, 0.5) is 0 Å². The van der Waals surface area contributed by atoms with Crippen LogP contribution in [0.3, 0.4) is 0 Å². The standard InChI is InChI=1S/C11H16N2O5S/c1-12(2)19(15,16)10-6-5-9(18-10)11(14)13-7-3-4-8-17-13/h5-6H,3-4,7-8H2,1-2H3. The lowest BCUT2D eigenvalue weighted by Gasteiger charge is -2.24. The Kier molecular flexibility index (Phi) is 3.93. The van der Waals surface area contributed by atoms with Crippen LogP contribution < -0.4 is 0 Å². The molecule has 1 amide bonds. The van der Waals surface area contributed by atoms with Crippen molar-refractivity contribution in [2.45, 2.75) is 17.9 Å². The zero-order chi connectivity index (χ0) is 14.0. The summed E-state index contributed by atoms with van der Waals surface area (Å²) in [6, 6.07) is 2.61. The zero-order valence-electron chi connectivity index (χ0n) is 10.8. The maximum atomic E-state index is 12.0. The molecule has 0 N–H and O–H groups in total. The Morgan fingerprint density at radius 2 is 2.05 bits per heavy atom. The van der Waals surface area contributed by atoms with E-state index in [0.717, 1.165) is 17.1 Å². The summed E-state index contributed by atoms with van der Waals surface area (Å²) < 4.78 is 29.8. The van der Waals surface area contributed by atoms with Crippen LogP contribution in [0.5, 0.6) is 0 Å². The molecule has 1 fully saturated rings. The third kappa shape index (κ3) is 2.80. The van der Waals surface area contributed by atoms with Gasteiger partial charge in [-0.15, -0.1) is 0 Å². The van der Waals surface area contributed by atoms with Crippen molar-refractivity contribution in [2.24, 2.45) is 0 Å². The highest BCUT2D eigenvalue weighted by Crippen LogP contribution is 2.19. The van der Waals surface area contributed by atoms with E-state index in [9.17, 15) is 13.2 Å². The predicted octanol–water partition coefficient (Wildman–Crippen LogP) is 0.698. The van der Waals surface area contributed by atoms with Crippen LogP contribution in [0.15, 0.2) is 21.6 Å². The predicted molar refractivity (Wildman–Crippen MR) is 65.8 cm³/mol. The first-order valence-electron chi connectivity index (χ1n) is 5.90. The number of amides is 1. The number of carbonyl (C=O) groups excluding carboxylic acids is 1. The summed E-state index contributed by atoms with van der Waals surface area (Å²) in [6.45, 7) is 0.963. The molecule has 0 unspecified atom stereocenters. The summed E-state index contributed by atoms with van der Waals surface area (Å²) in [4.78, 5) is 17.2. The normalized spacial score (nSPS) is 16.9. The van der Waals surface area contributed by atoms with Crippen LogP contribution in [0.25, 0.3) is 0 Å². The van der Waals surface area contributed by atoms with Crippen molar-refractivity contribution in [1.82, 2.24) is 9.37 Å². The van der Waals surface area contributed by atoms with Gasteiger partial charge in [-0.25, -0.2) is 17.8 Å². The molecule has 0 bridgehead atoms. The van der Waals surface area contributed by atoms with E-state index < -0.39 is 15.9 Å². The number of hydrogen-bond acceptors (Lipinski definition) is 5. The lowest BCUT2D eigenvalue weighted by Crippen LogP contribution is -2.35. The van der Waals surface area contributed by atoms with Crippen molar-refractivity contribution in [1.29, 1.82) is 0 Å². The maximum Gasteiger partial charge on any atom is 0.313 e. The quantitative estimate of drug-likeness (QED) is 0.818. The summed E-state index contributed by atoms with van der Waals surface area (Å²) >= 11 is 0. The van der Waals surface area contributed by atoms with Gasteiger partial charge >= 0.3 is 5.91 Å². The van der Waals surface area contributed by atoms with Gasteiger partial charge in [0.2, 0.25) is 5.09 Å². The van der Waals surface area contributed by atoms with Crippen LogP contribution in [-0.2, 0) is 14.9 Å². The monoisotopic (exact) mass is 288 g/mol. The van der Waals surface area contributed by atoms with Crippen LogP contribution in [-0.4, -0.2) is 50.9 Å². The molecule has 7 nitrogen and oxygen atoms in total. The summed E-state index contributed by atoms with van der Waals surface area (Å²) in [5, 5.41) is 0.951. The van der Waals surface area contributed by atoms with Crippen LogP contribution in [0.2, 0.25) is 0 Å². The number of furan rings is 1. The van der Waals surface area contributed by atoms with E-state index in [-0.39, 0.29) is 10.9 Å². The van der Waals surface area contributed by atoms with Crippen LogP contribution >= 0.6 is 0 Å². The SMILES string of the molecule is CN(C)S(=O)(=O)c1ccc(C(=O)N2CCCCO2)o1. The molecule has 106 valence electrons. The fourth-order valence-corrected chi connectivity index (χ4v) is 2.43. The highest BCUT2D eigenvalue weighted by molar-refractivity contribution is 7.88. The lowest BCUT2D eigenvalue weighted by atomic mass is 10.3. The number of sulfonamides is 1. The third-order valence-electron chi connectivity index (χ3n) is 2.76. The topological polar surface area (TPSA) is 80.1 Å². The lowest BCUT2D eigenvalue weighted by molar-refractivity contribution is -0.145. The molecule has 1 aliphatic heterocycles. The molecule has 0 spiro atoms. The summed E-state index contributed by atoms with van der Waals surface area (Å²) in [7, 11) is -0.873. The Labute approximate surface area is 111 Å². The van der Waals surface area contributed by atoms with Gasteiger partial charge in [-0.2, -0.15) is 0 Å². The molecule has 0 aromatic carbocycles. The minimum Gasteiger partial charge on any atom is -0.438 e. The average Bonchev–Trinajstić information content (AvgIpc) is 2.89. The van der Waals surface area contributed by atoms with Gasteiger partial charge in [0, 0.05) is 20.6 Å². The van der Waals surface area contributed by atoms with E-state index in [1.54, 1.807) is 0 Å². The van der Waals surface area contributed by atoms with E-state index in [1.807, 2.05) is 0 Å². The molecular formula is C11H16N2O5S. The third-order valence-corrected chi connectivity index (χ3v) is 4.45. The Bertz CT molecular complexity index is 557. The Balaban J connectivity index is 2.19. The highest BCUT2D eigenvalue weighted by atomic mass is 32.2. The van der Waals surface area contributed by atoms with Gasteiger partial charge in [0.25, 0.3) is 10.0 Å². The maximum absolute atomic E-state index is 12.0. The van der Waals surface area contributed by atoms with Crippen molar-refractivity contribution in [3.63, 3.8) is 0 Å².